The monoisotopic (exact) mass is 264 g/mol. The van der Waals surface area contributed by atoms with E-state index < -0.39 is 6.29 Å². The number of para-hydroxylation sites is 2. The number of rotatable bonds is 7. The van der Waals surface area contributed by atoms with Crippen LogP contribution in [0, 0.1) is 0 Å². The van der Waals surface area contributed by atoms with Crippen LogP contribution in [0.3, 0.4) is 0 Å². The molecule has 0 aliphatic rings. The highest BCUT2D eigenvalue weighted by atomic mass is 16.7. The second-order valence-corrected chi connectivity index (χ2v) is 4.08. The van der Waals surface area contributed by atoms with Crippen LogP contribution in [-0.4, -0.2) is 34.5 Å². The van der Waals surface area contributed by atoms with Crippen LogP contribution < -0.4 is 0 Å². The molecule has 1 N–H and O–H groups in total. The molecule has 2 rings (SSSR count). The summed E-state index contributed by atoms with van der Waals surface area (Å²) in [7, 11) is 0. The number of aliphatic hydroxyl groups excluding tert-OH is 1. The first-order valence-corrected chi connectivity index (χ1v) is 6.61. The third-order valence-corrected chi connectivity index (χ3v) is 2.85. The first kappa shape index (κ1) is 14.0. The van der Waals surface area contributed by atoms with Gasteiger partial charge in [0.05, 0.1) is 17.6 Å². The smallest absolute Gasteiger partial charge is 0.217 e. The lowest BCUT2D eigenvalue weighted by molar-refractivity contribution is -0.146. The van der Waals surface area contributed by atoms with Crippen LogP contribution in [0.15, 0.2) is 24.3 Å². The molecular formula is C14H20N2O3. The van der Waals surface area contributed by atoms with Gasteiger partial charge in [0.2, 0.25) is 6.29 Å². The van der Waals surface area contributed by atoms with Crippen molar-refractivity contribution in [1.29, 1.82) is 0 Å². The standard InChI is InChI=1S/C14H20N2O3/c1-3-18-14(19-4-2)13-15-11-7-5-6-8-12(11)16(13)9-10-17/h5-8,14,17H,3-4,9-10H2,1-2H3. The first-order chi connectivity index (χ1) is 9.31. The van der Waals surface area contributed by atoms with Gasteiger partial charge in [-0.1, -0.05) is 12.1 Å². The van der Waals surface area contributed by atoms with Gasteiger partial charge in [0, 0.05) is 19.8 Å². The van der Waals surface area contributed by atoms with E-state index in [1.54, 1.807) is 0 Å². The molecule has 2 aromatic rings. The van der Waals surface area contributed by atoms with Gasteiger partial charge >= 0.3 is 0 Å². The molecule has 1 heterocycles. The summed E-state index contributed by atoms with van der Waals surface area (Å²) in [5.74, 6) is 0.707. The van der Waals surface area contributed by atoms with Crippen molar-refractivity contribution in [3.63, 3.8) is 0 Å². The molecule has 0 aliphatic carbocycles. The molecule has 5 heteroatoms. The predicted octanol–water partition coefficient (Wildman–Crippen LogP) is 2.10. The van der Waals surface area contributed by atoms with Crippen molar-refractivity contribution in [3.05, 3.63) is 30.1 Å². The Kier molecular flexibility index (Phi) is 4.90. The number of hydrogen-bond donors (Lipinski definition) is 1. The quantitative estimate of drug-likeness (QED) is 0.778. The predicted molar refractivity (Wildman–Crippen MR) is 72.8 cm³/mol. The Hall–Kier alpha value is -1.43. The van der Waals surface area contributed by atoms with Crippen LogP contribution in [0.25, 0.3) is 11.0 Å². The Bertz CT molecular complexity index is 518. The third-order valence-electron chi connectivity index (χ3n) is 2.85. The fourth-order valence-corrected chi connectivity index (χ4v) is 2.11. The van der Waals surface area contributed by atoms with Crippen molar-refractivity contribution >= 4 is 11.0 Å². The molecule has 5 nitrogen and oxygen atoms in total. The number of aromatic nitrogens is 2. The minimum Gasteiger partial charge on any atom is -0.395 e. The number of hydrogen-bond acceptors (Lipinski definition) is 4. The number of nitrogens with zero attached hydrogens (tertiary/aromatic N) is 2. The van der Waals surface area contributed by atoms with Crippen molar-refractivity contribution in [1.82, 2.24) is 9.55 Å². The zero-order valence-electron chi connectivity index (χ0n) is 11.4. The van der Waals surface area contributed by atoms with Gasteiger partial charge in [0.25, 0.3) is 0 Å². The molecule has 0 amide bonds. The van der Waals surface area contributed by atoms with Gasteiger partial charge in [0.15, 0.2) is 5.82 Å². The summed E-state index contributed by atoms with van der Waals surface area (Å²) >= 11 is 0. The molecule has 19 heavy (non-hydrogen) atoms. The van der Waals surface area contributed by atoms with E-state index in [1.165, 1.54) is 0 Å². The molecule has 0 unspecified atom stereocenters. The highest BCUT2D eigenvalue weighted by Gasteiger charge is 2.20. The van der Waals surface area contributed by atoms with E-state index in [2.05, 4.69) is 4.98 Å². The fourth-order valence-electron chi connectivity index (χ4n) is 2.11. The second kappa shape index (κ2) is 6.65. The maximum Gasteiger partial charge on any atom is 0.217 e. The highest BCUT2D eigenvalue weighted by Crippen LogP contribution is 2.24. The molecule has 0 fully saturated rings. The molecule has 0 bridgehead atoms. The van der Waals surface area contributed by atoms with Gasteiger partial charge < -0.3 is 19.1 Å². The van der Waals surface area contributed by atoms with E-state index in [-0.39, 0.29) is 6.61 Å². The lowest BCUT2D eigenvalue weighted by atomic mass is 10.3. The number of aliphatic hydroxyl groups is 1. The SMILES string of the molecule is CCOC(OCC)c1nc2ccccc2n1CCO. The lowest BCUT2D eigenvalue weighted by Crippen LogP contribution is -2.16. The third kappa shape index (κ3) is 2.94. The number of ether oxygens (including phenoxy) is 2. The Balaban J connectivity index is 2.46. The topological polar surface area (TPSA) is 56.5 Å². The summed E-state index contributed by atoms with van der Waals surface area (Å²) < 4.78 is 13.1. The van der Waals surface area contributed by atoms with Gasteiger partial charge in [-0.2, -0.15) is 0 Å². The van der Waals surface area contributed by atoms with Crippen molar-refractivity contribution in [2.24, 2.45) is 0 Å². The summed E-state index contributed by atoms with van der Waals surface area (Å²) in [6.07, 6.45) is -0.492. The van der Waals surface area contributed by atoms with Crippen molar-refractivity contribution in [2.45, 2.75) is 26.7 Å². The summed E-state index contributed by atoms with van der Waals surface area (Å²) in [5.41, 5.74) is 1.87. The van der Waals surface area contributed by atoms with Crippen molar-refractivity contribution < 1.29 is 14.6 Å². The average Bonchev–Trinajstić information content (AvgIpc) is 2.78. The van der Waals surface area contributed by atoms with Gasteiger partial charge in [-0.3, -0.25) is 0 Å². The fraction of sp³-hybridized carbons (Fsp3) is 0.500. The summed E-state index contributed by atoms with van der Waals surface area (Å²) in [6.45, 7) is 5.47. The van der Waals surface area contributed by atoms with E-state index in [0.29, 0.717) is 25.6 Å². The number of imidazole rings is 1. The zero-order valence-corrected chi connectivity index (χ0v) is 11.4. The summed E-state index contributed by atoms with van der Waals surface area (Å²) in [6, 6.07) is 7.83. The second-order valence-electron chi connectivity index (χ2n) is 4.08. The Morgan fingerprint density at radius 1 is 1.21 bits per heavy atom. The molecule has 0 aliphatic heterocycles. The van der Waals surface area contributed by atoms with Crippen molar-refractivity contribution in [2.75, 3.05) is 19.8 Å². The molecule has 0 atom stereocenters. The van der Waals surface area contributed by atoms with Gasteiger partial charge in [-0.15, -0.1) is 0 Å². The lowest BCUT2D eigenvalue weighted by Gasteiger charge is -2.17. The van der Waals surface area contributed by atoms with Crippen molar-refractivity contribution in [3.8, 4) is 0 Å². The van der Waals surface area contributed by atoms with Crippen LogP contribution in [0.4, 0.5) is 0 Å². The number of fused-ring (bicyclic) bond motifs is 1. The summed E-state index contributed by atoms with van der Waals surface area (Å²) in [5, 5.41) is 9.23. The minimum atomic E-state index is -0.492. The first-order valence-electron chi connectivity index (χ1n) is 6.61. The molecule has 0 saturated heterocycles. The van der Waals surface area contributed by atoms with E-state index in [0.717, 1.165) is 11.0 Å². The zero-order chi connectivity index (χ0) is 13.7. The molecule has 0 saturated carbocycles. The maximum atomic E-state index is 9.23. The van der Waals surface area contributed by atoms with Gasteiger partial charge in [0.1, 0.15) is 0 Å². The van der Waals surface area contributed by atoms with Crippen LogP contribution in [0.5, 0.6) is 0 Å². The molecule has 1 aromatic heterocycles. The van der Waals surface area contributed by atoms with E-state index in [1.807, 2.05) is 42.7 Å². The van der Waals surface area contributed by atoms with E-state index >= 15 is 0 Å². The molecule has 0 spiro atoms. The van der Waals surface area contributed by atoms with Crippen LogP contribution >= 0.6 is 0 Å². The Morgan fingerprint density at radius 2 is 1.89 bits per heavy atom. The molecule has 0 radical (unpaired) electrons. The largest absolute Gasteiger partial charge is 0.395 e. The van der Waals surface area contributed by atoms with Crippen LogP contribution in [0.2, 0.25) is 0 Å². The normalized spacial score (nSPS) is 11.6. The highest BCUT2D eigenvalue weighted by molar-refractivity contribution is 5.75. The van der Waals surface area contributed by atoms with E-state index in [9.17, 15) is 5.11 Å². The summed E-state index contributed by atoms with van der Waals surface area (Å²) in [4.78, 5) is 4.57. The minimum absolute atomic E-state index is 0.0539. The van der Waals surface area contributed by atoms with Gasteiger partial charge in [-0.05, 0) is 26.0 Å². The number of benzene rings is 1. The average molecular weight is 264 g/mol. The molecule has 1 aromatic carbocycles. The van der Waals surface area contributed by atoms with E-state index in [4.69, 9.17) is 9.47 Å². The van der Waals surface area contributed by atoms with Crippen LogP contribution in [-0.2, 0) is 16.0 Å². The molecular weight excluding hydrogens is 244 g/mol. The maximum absolute atomic E-state index is 9.23. The Morgan fingerprint density at radius 3 is 2.53 bits per heavy atom. The molecule has 104 valence electrons. The van der Waals surface area contributed by atoms with Crippen LogP contribution in [0.1, 0.15) is 26.0 Å². The van der Waals surface area contributed by atoms with Gasteiger partial charge in [-0.25, -0.2) is 4.98 Å². The Labute approximate surface area is 112 Å².